The molecule has 2 N–H and O–H groups in total. The SMILES string of the molecule is CCNC(=O)OCc1ccc(OP(C)(=O)OC2C(NC(=O)OCC(c3ccccc3)c3ccccc3)[C@H](C)O[C@@H]2COC(=O)C(C)(C)C)cc1. The van der Waals surface area contributed by atoms with Gasteiger partial charge in [0.05, 0.1) is 17.6 Å². The van der Waals surface area contributed by atoms with E-state index in [0.29, 0.717) is 12.1 Å². The molecule has 0 spiro atoms. The lowest BCUT2D eigenvalue weighted by atomic mass is 9.92. The Bertz CT molecular complexity index is 1560. The van der Waals surface area contributed by atoms with Crippen LogP contribution in [0, 0.1) is 5.41 Å². The van der Waals surface area contributed by atoms with Crippen LogP contribution in [0.25, 0.3) is 0 Å². The summed E-state index contributed by atoms with van der Waals surface area (Å²) >= 11 is 0. The number of benzene rings is 3. The largest absolute Gasteiger partial charge is 0.462 e. The quantitative estimate of drug-likeness (QED) is 0.104. The third-order valence-electron chi connectivity index (χ3n) is 7.87. The fraction of sp³-hybridized carbons (Fsp3) is 0.432. The summed E-state index contributed by atoms with van der Waals surface area (Å²) in [6.45, 7) is 10.3. The zero-order valence-corrected chi connectivity index (χ0v) is 30.2. The smallest absolute Gasteiger partial charge is 0.407 e. The van der Waals surface area contributed by atoms with Gasteiger partial charge in [0.1, 0.15) is 37.8 Å². The number of hydrogen-bond acceptors (Lipinski definition) is 10. The van der Waals surface area contributed by atoms with Gasteiger partial charge in [-0.2, -0.15) is 0 Å². The minimum atomic E-state index is -3.86. The molecule has 3 aromatic carbocycles. The molecule has 3 unspecified atom stereocenters. The molecule has 1 saturated heterocycles. The van der Waals surface area contributed by atoms with Crippen molar-refractivity contribution in [2.45, 2.75) is 71.5 Å². The monoisotopic (exact) mass is 710 g/mol. The molecule has 3 aromatic rings. The first-order valence-electron chi connectivity index (χ1n) is 16.6. The van der Waals surface area contributed by atoms with Gasteiger partial charge in [0, 0.05) is 19.1 Å². The number of esters is 1. The zero-order valence-electron chi connectivity index (χ0n) is 29.3. The molecule has 12 nitrogen and oxygen atoms in total. The summed E-state index contributed by atoms with van der Waals surface area (Å²) in [5, 5.41) is 5.39. The zero-order chi connectivity index (χ0) is 36.3. The van der Waals surface area contributed by atoms with Crippen molar-refractivity contribution < 1.29 is 46.9 Å². The van der Waals surface area contributed by atoms with Gasteiger partial charge in [-0.3, -0.25) is 9.32 Å². The minimum Gasteiger partial charge on any atom is -0.462 e. The third-order valence-corrected chi connectivity index (χ3v) is 9.04. The molecule has 0 saturated carbocycles. The second-order valence-electron chi connectivity index (χ2n) is 13.1. The highest BCUT2D eigenvalue weighted by atomic mass is 31.2. The van der Waals surface area contributed by atoms with Crippen LogP contribution >= 0.6 is 7.60 Å². The van der Waals surface area contributed by atoms with E-state index in [1.165, 1.54) is 6.66 Å². The number of carbonyl (C=O) groups excluding carboxylic acids is 3. The van der Waals surface area contributed by atoms with E-state index in [1.807, 2.05) is 60.7 Å². The molecule has 1 fully saturated rings. The first-order chi connectivity index (χ1) is 23.8. The maximum atomic E-state index is 13.8. The van der Waals surface area contributed by atoms with Crippen LogP contribution in [-0.2, 0) is 39.4 Å². The molecule has 0 bridgehead atoms. The van der Waals surface area contributed by atoms with Crippen molar-refractivity contribution in [1.29, 1.82) is 0 Å². The number of rotatable bonds is 14. The lowest BCUT2D eigenvalue weighted by Gasteiger charge is -2.28. The topological polar surface area (TPSA) is 148 Å². The average Bonchev–Trinajstić information content (AvgIpc) is 3.35. The molecule has 0 aromatic heterocycles. The number of ether oxygens (including phenoxy) is 4. The Balaban J connectivity index is 1.46. The molecular formula is C37H47N2O10P. The second kappa shape index (κ2) is 17.5. The summed E-state index contributed by atoms with van der Waals surface area (Å²) < 4.78 is 48.2. The summed E-state index contributed by atoms with van der Waals surface area (Å²) in [6, 6.07) is 25.1. The standard InChI is InChI=1S/C37H47N2O10P/c1-7-38-35(41)45-22-26-18-20-29(21-19-26)48-50(6,43)49-33-31(24-44-34(40)37(3,4)5)47-25(2)32(33)39-36(42)46-23-30(27-14-10-8-11-15-27)28-16-12-9-13-17-28/h8-21,25,30-33H,7,22-24H2,1-6H3,(H,38,41)(H,39,42)/t25-,31+,32?,33?,50?/m0/s1. The van der Waals surface area contributed by atoms with Gasteiger partial charge in [0.15, 0.2) is 0 Å². The number of hydrogen-bond donors (Lipinski definition) is 2. The van der Waals surface area contributed by atoms with Gasteiger partial charge >= 0.3 is 25.8 Å². The Morgan fingerprint density at radius 1 is 0.860 bits per heavy atom. The fourth-order valence-corrected chi connectivity index (χ4v) is 6.55. The highest BCUT2D eigenvalue weighted by molar-refractivity contribution is 7.53. The van der Waals surface area contributed by atoms with Crippen molar-refractivity contribution in [2.75, 3.05) is 26.4 Å². The highest BCUT2D eigenvalue weighted by Gasteiger charge is 2.48. The lowest BCUT2D eigenvalue weighted by Crippen LogP contribution is -2.49. The van der Waals surface area contributed by atoms with Gasteiger partial charge in [-0.1, -0.05) is 72.8 Å². The Hall–Kier alpha value is -4.38. The van der Waals surface area contributed by atoms with E-state index in [0.717, 1.165) is 11.1 Å². The Kier molecular flexibility index (Phi) is 13.5. The van der Waals surface area contributed by atoms with Crippen molar-refractivity contribution in [3.05, 3.63) is 102 Å². The normalized spacial score (nSPS) is 20.0. The molecule has 1 aliphatic heterocycles. The van der Waals surface area contributed by atoms with Crippen molar-refractivity contribution >= 4 is 25.8 Å². The predicted molar refractivity (Wildman–Crippen MR) is 187 cm³/mol. The molecule has 0 aliphatic carbocycles. The summed E-state index contributed by atoms with van der Waals surface area (Å²) in [6.07, 6.45) is -3.80. The van der Waals surface area contributed by atoms with Gasteiger partial charge in [0.2, 0.25) is 0 Å². The van der Waals surface area contributed by atoms with Crippen LogP contribution in [0.2, 0.25) is 0 Å². The van der Waals surface area contributed by atoms with Crippen molar-refractivity contribution in [3.63, 3.8) is 0 Å². The van der Waals surface area contributed by atoms with E-state index in [1.54, 1.807) is 58.9 Å². The van der Waals surface area contributed by atoms with E-state index < -0.39 is 55.5 Å². The van der Waals surface area contributed by atoms with E-state index in [4.69, 9.17) is 28.0 Å². The fourth-order valence-electron chi connectivity index (χ4n) is 5.29. The van der Waals surface area contributed by atoms with E-state index in [9.17, 15) is 18.9 Å². The molecule has 1 heterocycles. The molecule has 0 radical (unpaired) electrons. The number of carbonyl (C=O) groups is 3. The number of nitrogens with one attached hydrogen (secondary N) is 2. The number of amides is 2. The van der Waals surface area contributed by atoms with Gasteiger partial charge in [-0.05, 0) is 63.4 Å². The molecule has 4 rings (SSSR count). The van der Waals surface area contributed by atoms with Crippen molar-refractivity contribution in [3.8, 4) is 5.75 Å². The van der Waals surface area contributed by atoms with Crippen molar-refractivity contribution in [2.24, 2.45) is 5.41 Å². The molecule has 13 heteroatoms. The van der Waals surface area contributed by atoms with Crippen LogP contribution in [0.3, 0.4) is 0 Å². The maximum absolute atomic E-state index is 13.8. The van der Waals surface area contributed by atoms with Crippen molar-refractivity contribution in [1.82, 2.24) is 10.6 Å². The second-order valence-corrected chi connectivity index (χ2v) is 15.0. The Morgan fingerprint density at radius 3 is 2.02 bits per heavy atom. The van der Waals surface area contributed by atoms with Gasteiger partial charge < -0.3 is 34.1 Å². The van der Waals surface area contributed by atoms with Gasteiger partial charge in [-0.15, -0.1) is 0 Å². The van der Waals surface area contributed by atoms with Crippen LogP contribution in [0.1, 0.15) is 57.2 Å². The minimum absolute atomic E-state index is 0.0412. The van der Waals surface area contributed by atoms with Gasteiger partial charge in [0.25, 0.3) is 0 Å². The molecule has 50 heavy (non-hydrogen) atoms. The summed E-state index contributed by atoms with van der Waals surface area (Å²) in [5.41, 5.74) is 1.89. The Morgan fingerprint density at radius 2 is 1.46 bits per heavy atom. The molecule has 2 amide bonds. The summed E-state index contributed by atoms with van der Waals surface area (Å²) in [7, 11) is -3.86. The number of alkyl carbamates (subject to hydrolysis) is 2. The van der Waals surface area contributed by atoms with Crippen LogP contribution in [0.4, 0.5) is 9.59 Å². The van der Waals surface area contributed by atoms with E-state index in [2.05, 4.69) is 10.6 Å². The van der Waals surface area contributed by atoms with Crippen LogP contribution < -0.4 is 15.2 Å². The van der Waals surface area contributed by atoms with Crippen LogP contribution in [0.5, 0.6) is 5.75 Å². The molecule has 270 valence electrons. The Labute approximate surface area is 293 Å². The third kappa shape index (κ3) is 11.3. The molecular weight excluding hydrogens is 663 g/mol. The molecule has 1 aliphatic rings. The van der Waals surface area contributed by atoms with E-state index >= 15 is 0 Å². The predicted octanol–water partition coefficient (Wildman–Crippen LogP) is 6.82. The van der Waals surface area contributed by atoms with Crippen LogP contribution in [0.15, 0.2) is 84.9 Å². The maximum Gasteiger partial charge on any atom is 0.407 e. The lowest BCUT2D eigenvalue weighted by molar-refractivity contribution is -0.158. The average molecular weight is 711 g/mol. The first kappa shape index (κ1) is 38.4. The highest BCUT2D eigenvalue weighted by Crippen LogP contribution is 2.48. The molecule has 5 atom stereocenters. The summed E-state index contributed by atoms with van der Waals surface area (Å²) in [4.78, 5) is 37.5. The van der Waals surface area contributed by atoms with E-state index in [-0.39, 0.29) is 31.5 Å². The van der Waals surface area contributed by atoms with Crippen LogP contribution in [-0.4, -0.2) is 68.9 Å². The van der Waals surface area contributed by atoms with Gasteiger partial charge in [-0.25, -0.2) is 14.2 Å². The first-order valence-corrected chi connectivity index (χ1v) is 18.6. The summed E-state index contributed by atoms with van der Waals surface area (Å²) in [5.74, 6) is -0.423.